The van der Waals surface area contributed by atoms with Crippen molar-refractivity contribution in [1.82, 2.24) is 14.9 Å². The lowest BCUT2D eigenvalue weighted by Crippen LogP contribution is -2.47. The Morgan fingerprint density at radius 2 is 1.96 bits per heavy atom. The molecular formula is C15H28F3IN4O3S2. The fourth-order valence-corrected chi connectivity index (χ4v) is 5.30. The Balaban J connectivity index is 0.00000392. The van der Waals surface area contributed by atoms with E-state index in [-0.39, 0.29) is 49.5 Å². The number of hydrogen-bond donors (Lipinski definition) is 3. The lowest BCUT2D eigenvalue weighted by atomic mass is 9.98. The van der Waals surface area contributed by atoms with Crippen LogP contribution in [0.2, 0.25) is 0 Å². The molecule has 1 unspecified atom stereocenters. The summed E-state index contributed by atoms with van der Waals surface area (Å²) in [6.45, 7) is 3.05. The highest BCUT2D eigenvalue weighted by molar-refractivity contribution is 14.0. The van der Waals surface area contributed by atoms with Crippen LogP contribution in [0, 0.1) is 5.92 Å². The minimum atomic E-state index is -5.25. The lowest BCUT2D eigenvalue weighted by molar-refractivity contribution is -0.0496. The van der Waals surface area contributed by atoms with Gasteiger partial charge in [-0.2, -0.15) is 29.2 Å². The maximum atomic E-state index is 12.6. The lowest BCUT2D eigenvalue weighted by Gasteiger charge is -2.31. The van der Waals surface area contributed by atoms with Gasteiger partial charge in [-0.3, -0.25) is 4.99 Å². The highest BCUT2D eigenvalue weighted by Crippen LogP contribution is 2.30. The molecular weight excluding hydrogens is 532 g/mol. The minimum absolute atomic E-state index is 0. The average molecular weight is 560 g/mol. The van der Waals surface area contributed by atoms with Crippen LogP contribution in [0.1, 0.15) is 26.2 Å². The van der Waals surface area contributed by atoms with Crippen LogP contribution in [0.25, 0.3) is 0 Å². The molecule has 2 fully saturated rings. The van der Waals surface area contributed by atoms with Gasteiger partial charge < -0.3 is 15.7 Å². The quantitative estimate of drug-likeness (QED) is 0.260. The molecule has 3 N–H and O–H groups in total. The van der Waals surface area contributed by atoms with E-state index in [1.807, 2.05) is 6.92 Å². The molecule has 7 nitrogen and oxygen atoms in total. The predicted molar refractivity (Wildman–Crippen MR) is 116 cm³/mol. The van der Waals surface area contributed by atoms with E-state index < -0.39 is 21.1 Å². The summed E-state index contributed by atoms with van der Waals surface area (Å²) in [7, 11) is -5.24. The molecule has 0 aromatic heterocycles. The molecule has 2 aliphatic rings. The molecule has 2 aliphatic heterocycles. The molecule has 0 radical (unpaired) electrons. The van der Waals surface area contributed by atoms with Crippen molar-refractivity contribution in [1.29, 1.82) is 0 Å². The van der Waals surface area contributed by atoms with E-state index in [0.29, 0.717) is 48.4 Å². The number of hydrogen-bond acceptors (Lipinski definition) is 5. The summed E-state index contributed by atoms with van der Waals surface area (Å²) in [4.78, 5) is 4.41. The first-order valence-corrected chi connectivity index (χ1v) is 11.6. The molecule has 2 saturated heterocycles. The first-order valence-electron chi connectivity index (χ1n) is 8.96. The summed E-state index contributed by atoms with van der Waals surface area (Å²) in [5, 5.41) is 16.6. The molecule has 2 heterocycles. The molecule has 1 atom stereocenters. The number of nitrogens with zero attached hydrogens (tertiary/aromatic N) is 2. The summed E-state index contributed by atoms with van der Waals surface area (Å²) >= 11 is 1.69. The van der Waals surface area contributed by atoms with Gasteiger partial charge in [0.15, 0.2) is 5.96 Å². The van der Waals surface area contributed by atoms with E-state index in [4.69, 9.17) is 0 Å². The SMILES string of the molecule is CCNC(=NCC1(O)CCSC1)NCC1CCN(S(=O)(=O)C(F)(F)F)CC1.I. The van der Waals surface area contributed by atoms with Crippen molar-refractivity contribution in [2.75, 3.05) is 44.2 Å². The van der Waals surface area contributed by atoms with E-state index >= 15 is 0 Å². The van der Waals surface area contributed by atoms with E-state index in [2.05, 4.69) is 15.6 Å². The Labute approximate surface area is 185 Å². The highest BCUT2D eigenvalue weighted by atomic mass is 127. The summed E-state index contributed by atoms with van der Waals surface area (Å²) in [6.07, 6.45) is 1.40. The maximum absolute atomic E-state index is 12.6. The van der Waals surface area contributed by atoms with Crippen LogP contribution in [0.3, 0.4) is 0 Å². The first kappa shape index (κ1) is 26.0. The van der Waals surface area contributed by atoms with Crippen LogP contribution in [-0.2, 0) is 10.0 Å². The number of alkyl halides is 3. The average Bonchev–Trinajstić information content (AvgIpc) is 3.04. The summed E-state index contributed by atoms with van der Waals surface area (Å²) in [5.41, 5.74) is -6.04. The second kappa shape index (κ2) is 10.9. The standard InChI is InChI=1S/C15H27F3N4O3S2.HI/c1-2-19-13(21-10-14(23)5-8-26-11-14)20-9-12-3-6-22(7-4-12)27(24,25)15(16,17)18;/h12,23H,2-11H2,1H3,(H2,19,20,21);1H. The third-order valence-corrected chi connectivity index (χ3v) is 7.59. The van der Waals surface area contributed by atoms with Gasteiger partial charge in [-0.1, -0.05) is 0 Å². The number of guanidine groups is 1. The third-order valence-electron chi connectivity index (χ3n) is 4.72. The summed E-state index contributed by atoms with van der Waals surface area (Å²) in [6, 6.07) is 0. The van der Waals surface area contributed by atoms with Gasteiger partial charge >= 0.3 is 15.5 Å². The first-order chi connectivity index (χ1) is 12.6. The Hall–Kier alpha value is 0.01000. The molecule has 0 spiro atoms. The zero-order valence-corrected chi connectivity index (χ0v) is 19.6. The Morgan fingerprint density at radius 1 is 1.32 bits per heavy atom. The van der Waals surface area contributed by atoms with Crippen molar-refractivity contribution < 1.29 is 26.7 Å². The van der Waals surface area contributed by atoms with E-state index in [0.717, 1.165) is 5.75 Å². The molecule has 0 aromatic rings. The van der Waals surface area contributed by atoms with Crippen LogP contribution >= 0.6 is 35.7 Å². The van der Waals surface area contributed by atoms with Gasteiger partial charge in [0.1, 0.15) is 0 Å². The van der Waals surface area contributed by atoms with Crippen LogP contribution in [0.15, 0.2) is 4.99 Å². The van der Waals surface area contributed by atoms with Crippen LogP contribution in [-0.4, -0.2) is 79.1 Å². The van der Waals surface area contributed by atoms with Gasteiger partial charge in [0, 0.05) is 31.9 Å². The molecule has 0 bridgehead atoms. The van der Waals surface area contributed by atoms with Crippen molar-refractivity contribution in [3.05, 3.63) is 0 Å². The van der Waals surface area contributed by atoms with Crippen LogP contribution < -0.4 is 10.6 Å². The second-order valence-electron chi connectivity index (χ2n) is 6.90. The Kier molecular flexibility index (Phi) is 10.1. The van der Waals surface area contributed by atoms with Gasteiger partial charge in [0.2, 0.25) is 0 Å². The number of halogens is 4. The van der Waals surface area contributed by atoms with Gasteiger partial charge in [0.25, 0.3) is 0 Å². The number of aliphatic imine (C=N–C) groups is 1. The van der Waals surface area contributed by atoms with Gasteiger partial charge in [0.05, 0.1) is 12.1 Å². The van der Waals surface area contributed by atoms with Gasteiger partial charge in [-0.15, -0.1) is 24.0 Å². The van der Waals surface area contributed by atoms with Gasteiger partial charge in [-0.05, 0) is 37.9 Å². The molecule has 0 saturated carbocycles. The number of sulfonamides is 1. The van der Waals surface area contributed by atoms with Crippen molar-refractivity contribution in [2.24, 2.45) is 10.9 Å². The molecule has 0 amide bonds. The molecule has 0 aliphatic carbocycles. The summed E-state index contributed by atoms with van der Waals surface area (Å²) in [5.74, 6) is 2.17. The number of nitrogens with one attached hydrogen (secondary N) is 2. The van der Waals surface area contributed by atoms with Crippen molar-refractivity contribution in [3.8, 4) is 0 Å². The van der Waals surface area contributed by atoms with Crippen LogP contribution in [0.5, 0.6) is 0 Å². The van der Waals surface area contributed by atoms with E-state index in [1.165, 1.54) is 0 Å². The van der Waals surface area contributed by atoms with Crippen molar-refractivity contribution >= 4 is 51.7 Å². The zero-order valence-electron chi connectivity index (χ0n) is 15.7. The molecule has 13 heteroatoms. The highest BCUT2D eigenvalue weighted by Gasteiger charge is 2.50. The fraction of sp³-hybridized carbons (Fsp3) is 0.933. The molecule has 28 heavy (non-hydrogen) atoms. The number of aliphatic hydroxyl groups is 1. The van der Waals surface area contributed by atoms with E-state index in [1.54, 1.807) is 11.8 Å². The topological polar surface area (TPSA) is 94.0 Å². The number of piperidine rings is 1. The van der Waals surface area contributed by atoms with Gasteiger partial charge in [-0.25, -0.2) is 8.42 Å². The monoisotopic (exact) mass is 560 g/mol. The zero-order chi connectivity index (χ0) is 20.1. The molecule has 2 rings (SSSR count). The second-order valence-corrected chi connectivity index (χ2v) is 9.93. The normalized spacial score (nSPS) is 25.4. The Morgan fingerprint density at radius 3 is 2.46 bits per heavy atom. The number of thioether (sulfide) groups is 1. The van der Waals surface area contributed by atoms with Crippen molar-refractivity contribution in [3.63, 3.8) is 0 Å². The maximum Gasteiger partial charge on any atom is 0.511 e. The fourth-order valence-electron chi connectivity index (χ4n) is 3.03. The molecule has 0 aromatic carbocycles. The Bertz CT molecular complexity index is 621. The van der Waals surface area contributed by atoms with E-state index in [9.17, 15) is 26.7 Å². The minimum Gasteiger partial charge on any atom is -0.387 e. The third kappa shape index (κ3) is 7.06. The van der Waals surface area contributed by atoms with Crippen LogP contribution in [0.4, 0.5) is 13.2 Å². The smallest absolute Gasteiger partial charge is 0.387 e. The largest absolute Gasteiger partial charge is 0.511 e. The predicted octanol–water partition coefficient (Wildman–Crippen LogP) is 1.59. The molecule has 166 valence electrons. The number of rotatable bonds is 6. The summed E-state index contributed by atoms with van der Waals surface area (Å²) < 4.78 is 61.2. The van der Waals surface area contributed by atoms with Crippen molar-refractivity contribution in [2.45, 2.75) is 37.3 Å².